The highest BCUT2D eigenvalue weighted by Gasteiger charge is 2.40. The van der Waals surface area contributed by atoms with Gasteiger partial charge in [-0.05, 0) is 29.5 Å². The Morgan fingerprint density at radius 3 is 2.48 bits per heavy atom. The number of halogens is 2. The molecule has 1 saturated heterocycles. The molecular formula is C20H17F2N3O3S. The van der Waals surface area contributed by atoms with Crippen LogP contribution in [0, 0.1) is 22.8 Å². The Morgan fingerprint density at radius 1 is 1.24 bits per heavy atom. The zero-order chi connectivity index (χ0) is 21.0. The van der Waals surface area contributed by atoms with E-state index in [1.165, 1.54) is 7.11 Å². The van der Waals surface area contributed by atoms with Crippen LogP contribution >= 0.6 is 12.6 Å². The largest absolute Gasteiger partial charge is 0.497 e. The molecule has 3 N–H and O–H groups in total. The van der Waals surface area contributed by atoms with Crippen molar-refractivity contribution in [2.45, 2.75) is 12.0 Å². The van der Waals surface area contributed by atoms with Crippen molar-refractivity contribution in [2.75, 3.05) is 19.0 Å². The molecule has 0 unspecified atom stereocenters. The van der Waals surface area contributed by atoms with E-state index >= 15 is 0 Å². The first-order valence-corrected chi connectivity index (χ1v) is 9.01. The minimum absolute atomic E-state index is 0.0129. The van der Waals surface area contributed by atoms with Gasteiger partial charge in [-0.3, -0.25) is 4.79 Å². The average molecular weight is 417 g/mol. The third-order valence-corrected chi connectivity index (χ3v) is 4.58. The number of amides is 3. The minimum atomic E-state index is -1.14. The summed E-state index contributed by atoms with van der Waals surface area (Å²) in [6.07, 6.45) is 0. The predicted octanol–water partition coefficient (Wildman–Crippen LogP) is 2.62. The lowest BCUT2D eigenvalue weighted by molar-refractivity contribution is -0.120. The predicted molar refractivity (Wildman–Crippen MR) is 107 cm³/mol. The number of benzene rings is 2. The van der Waals surface area contributed by atoms with E-state index < -0.39 is 35.5 Å². The number of carbonyl (C=O) groups excluding carboxylic acids is 2. The molecule has 0 spiro atoms. The van der Waals surface area contributed by atoms with Gasteiger partial charge in [-0.2, -0.15) is 0 Å². The molecule has 29 heavy (non-hydrogen) atoms. The molecule has 1 fully saturated rings. The summed E-state index contributed by atoms with van der Waals surface area (Å²) in [4.78, 5) is 24.5. The Kier molecular flexibility index (Phi) is 6.24. The highest BCUT2D eigenvalue weighted by molar-refractivity contribution is 7.85. The molecule has 0 radical (unpaired) electrons. The second-order valence-electron chi connectivity index (χ2n) is 6.25. The number of carbonyl (C=O) groups is 2. The molecular weight excluding hydrogens is 400 g/mol. The van der Waals surface area contributed by atoms with E-state index in [0.717, 1.165) is 12.1 Å². The van der Waals surface area contributed by atoms with Crippen LogP contribution in [0.4, 0.5) is 19.3 Å². The van der Waals surface area contributed by atoms with Gasteiger partial charge in [0.25, 0.3) is 0 Å². The number of anilines is 1. The van der Waals surface area contributed by atoms with Gasteiger partial charge >= 0.3 is 6.03 Å². The van der Waals surface area contributed by atoms with E-state index in [-0.39, 0.29) is 17.9 Å². The van der Waals surface area contributed by atoms with Gasteiger partial charge in [-0.1, -0.05) is 18.5 Å². The quantitative estimate of drug-likeness (QED) is 0.456. The van der Waals surface area contributed by atoms with E-state index in [4.69, 9.17) is 4.74 Å². The Hall–Kier alpha value is -3.25. The van der Waals surface area contributed by atoms with E-state index in [0.29, 0.717) is 11.3 Å². The summed E-state index contributed by atoms with van der Waals surface area (Å²) >= 11 is 3.81. The van der Waals surface area contributed by atoms with Crippen LogP contribution in [-0.2, 0) is 4.79 Å². The van der Waals surface area contributed by atoms with Crippen LogP contribution in [0.25, 0.3) is 0 Å². The maximum absolute atomic E-state index is 14.4. The van der Waals surface area contributed by atoms with Gasteiger partial charge in [0.05, 0.1) is 7.11 Å². The third-order valence-electron chi connectivity index (χ3n) is 4.47. The van der Waals surface area contributed by atoms with Crippen molar-refractivity contribution in [1.29, 1.82) is 0 Å². The first kappa shape index (κ1) is 20.5. The number of hydrogen-bond acceptors (Lipinski definition) is 4. The zero-order valence-corrected chi connectivity index (χ0v) is 16.1. The van der Waals surface area contributed by atoms with Crippen LogP contribution in [0.15, 0.2) is 36.4 Å². The number of hydrogen-bond donors (Lipinski definition) is 4. The standard InChI is InChI=1S/C20H17F2N3O3S/c1-28-13-8-15(21)17(16(22)9-13)14-10-23-19(26)18(14)25-20(27)24-12-4-2-11(3-5-12)6-7-29/h2-5,8-9,14,18,29H,10H2,1H3,(H,23,26)(H2,24,25,27)/t14-,18-/m0/s1. The average Bonchev–Trinajstić information content (AvgIpc) is 3.03. The second-order valence-corrected chi connectivity index (χ2v) is 6.47. The lowest BCUT2D eigenvalue weighted by Gasteiger charge is -2.20. The molecule has 1 aliphatic rings. The Labute approximate surface area is 171 Å². The molecule has 9 heteroatoms. The SMILES string of the molecule is COc1cc(F)c([C@@H]2CNC(=O)[C@H]2NC(=O)Nc2ccc(C#CS)cc2)c(F)c1. The lowest BCUT2D eigenvalue weighted by Crippen LogP contribution is -2.45. The molecule has 1 heterocycles. The fraction of sp³-hybridized carbons (Fsp3) is 0.200. The molecule has 0 bridgehead atoms. The molecule has 2 aromatic carbocycles. The normalized spacial score (nSPS) is 17.7. The number of rotatable bonds is 4. The number of nitrogens with one attached hydrogen (secondary N) is 3. The number of thiol groups is 1. The summed E-state index contributed by atoms with van der Waals surface area (Å²) in [6, 6.07) is 6.88. The molecule has 1 aliphatic heterocycles. The van der Waals surface area contributed by atoms with Crippen molar-refractivity contribution >= 4 is 30.3 Å². The monoisotopic (exact) mass is 417 g/mol. The van der Waals surface area contributed by atoms with Crippen molar-refractivity contribution in [1.82, 2.24) is 10.6 Å². The molecule has 3 amide bonds. The third kappa shape index (κ3) is 4.60. The van der Waals surface area contributed by atoms with Gasteiger partial charge in [-0.15, -0.1) is 0 Å². The van der Waals surface area contributed by atoms with Crippen LogP contribution in [0.3, 0.4) is 0 Å². The molecule has 150 valence electrons. The van der Waals surface area contributed by atoms with Gasteiger partial charge < -0.3 is 20.7 Å². The molecule has 0 aliphatic carbocycles. The second kappa shape index (κ2) is 8.84. The van der Waals surface area contributed by atoms with Crippen molar-refractivity contribution in [3.63, 3.8) is 0 Å². The number of methoxy groups -OCH3 is 1. The van der Waals surface area contributed by atoms with Gasteiger partial charge in [0.15, 0.2) is 0 Å². The summed E-state index contributed by atoms with van der Waals surface area (Å²) in [5, 5.41) is 10.0. The lowest BCUT2D eigenvalue weighted by atomic mass is 9.93. The van der Waals surface area contributed by atoms with Crippen molar-refractivity contribution in [3.05, 3.63) is 59.2 Å². The Balaban J connectivity index is 1.75. The smallest absolute Gasteiger partial charge is 0.319 e. The summed E-state index contributed by atoms with van der Waals surface area (Å²) in [6.45, 7) is -0.0129. The van der Waals surface area contributed by atoms with E-state index in [1.54, 1.807) is 24.3 Å². The van der Waals surface area contributed by atoms with Crippen LogP contribution in [-0.4, -0.2) is 31.6 Å². The van der Waals surface area contributed by atoms with E-state index in [9.17, 15) is 18.4 Å². The summed E-state index contributed by atoms with van der Waals surface area (Å²) < 4.78 is 33.7. The first-order valence-electron chi connectivity index (χ1n) is 8.56. The fourth-order valence-electron chi connectivity index (χ4n) is 3.10. The number of ether oxygens (including phenoxy) is 1. The highest BCUT2D eigenvalue weighted by atomic mass is 32.1. The molecule has 0 saturated carbocycles. The fourth-order valence-corrected chi connectivity index (χ4v) is 3.23. The minimum Gasteiger partial charge on any atom is -0.497 e. The van der Waals surface area contributed by atoms with E-state index in [1.807, 2.05) is 0 Å². The van der Waals surface area contributed by atoms with Crippen LogP contribution in [0.5, 0.6) is 5.75 Å². The van der Waals surface area contributed by atoms with Gasteiger partial charge in [0, 0.05) is 41.4 Å². The molecule has 6 nitrogen and oxygen atoms in total. The van der Waals surface area contributed by atoms with Crippen LogP contribution in [0.1, 0.15) is 17.0 Å². The molecule has 3 rings (SSSR count). The molecule has 2 aromatic rings. The maximum atomic E-state index is 14.4. The highest BCUT2D eigenvalue weighted by Crippen LogP contribution is 2.31. The Morgan fingerprint density at radius 2 is 1.90 bits per heavy atom. The number of urea groups is 1. The Bertz CT molecular complexity index is 979. The van der Waals surface area contributed by atoms with Crippen molar-refractivity contribution in [2.24, 2.45) is 0 Å². The summed E-state index contributed by atoms with van der Waals surface area (Å²) in [5.41, 5.74) is 0.889. The van der Waals surface area contributed by atoms with Crippen LogP contribution < -0.4 is 20.7 Å². The van der Waals surface area contributed by atoms with Crippen molar-refractivity contribution in [3.8, 4) is 16.9 Å². The molecule has 2 atom stereocenters. The van der Waals surface area contributed by atoms with E-state index in [2.05, 4.69) is 39.8 Å². The topological polar surface area (TPSA) is 79.5 Å². The van der Waals surface area contributed by atoms with Gasteiger partial charge in [0.1, 0.15) is 23.4 Å². The van der Waals surface area contributed by atoms with Gasteiger partial charge in [-0.25, -0.2) is 13.6 Å². The van der Waals surface area contributed by atoms with Crippen molar-refractivity contribution < 1.29 is 23.1 Å². The van der Waals surface area contributed by atoms with Gasteiger partial charge in [0.2, 0.25) is 5.91 Å². The summed E-state index contributed by atoms with van der Waals surface area (Å²) in [7, 11) is 1.29. The first-order chi connectivity index (χ1) is 13.9. The zero-order valence-electron chi connectivity index (χ0n) is 15.3. The molecule has 0 aromatic heterocycles. The maximum Gasteiger partial charge on any atom is 0.319 e. The van der Waals surface area contributed by atoms with Crippen LogP contribution in [0.2, 0.25) is 0 Å². The summed E-state index contributed by atoms with van der Waals surface area (Å²) in [5.74, 6) is -0.369.